The molecular formula is C8H10O6. The number of ether oxygens (including phenoxy) is 1. The molecule has 0 aromatic heterocycles. The van der Waals surface area contributed by atoms with Crippen molar-refractivity contribution in [2.75, 3.05) is 0 Å². The third kappa shape index (κ3) is 1.84. The topological polar surface area (TPSA) is 101 Å². The summed E-state index contributed by atoms with van der Waals surface area (Å²) < 4.78 is 4.62. The summed E-state index contributed by atoms with van der Waals surface area (Å²) in [6, 6.07) is 0. The zero-order chi connectivity index (χ0) is 10.9. The Labute approximate surface area is 79.5 Å². The van der Waals surface area contributed by atoms with Crippen molar-refractivity contribution in [3.05, 3.63) is 0 Å². The van der Waals surface area contributed by atoms with Crippen molar-refractivity contribution in [1.82, 2.24) is 0 Å². The largest absolute Gasteiger partial charge is 0.481 e. The van der Waals surface area contributed by atoms with Crippen LogP contribution in [-0.4, -0.2) is 33.7 Å². The summed E-state index contributed by atoms with van der Waals surface area (Å²) >= 11 is 0. The van der Waals surface area contributed by atoms with Crippen molar-refractivity contribution in [1.29, 1.82) is 0 Å². The van der Waals surface area contributed by atoms with Crippen molar-refractivity contribution in [2.45, 2.75) is 25.4 Å². The fraction of sp³-hybridized carbons (Fsp3) is 0.625. The number of aliphatic carboxylic acids is 2. The maximum absolute atomic E-state index is 11.1. The van der Waals surface area contributed by atoms with Crippen molar-refractivity contribution in [3.63, 3.8) is 0 Å². The zero-order valence-corrected chi connectivity index (χ0v) is 7.52. The number of carboxylic acids is 2. The highest BCUT2D eigenvalue weighted by atomic mass is 16.6. The van der Waals surface area contributed by atoms with E-state index in [2.05, 4.69) is 4.74 Å². The Morgan fingerprint density at radius 3 is 2.50 bits per heavy atom. The minimum atomic E-state index is -1.57. The van der Waals surface area contributed by atoms with Crippen LogP contribution < -0.4 is 0 Å². The van der Waals surface area contributed by atoms with E-state index in [1.165, 1.54) is 6.92 Å². The molecule has 6 nitrogen and oxygen atoms in total. The molecule has 1 saturated heterocycles. The van der Waals surface area contributed by atoms with Gasteiger partial charge in [0.25, 0.3) is 0 Å². The predicted octanol–water partition coefficient (Wildman–Crippen LogP) is -0.133. The summed E-state index contributed by atoms with van der Waals surface area (Å²) in [5.74, 6) is -3.99. The maximum atomic E-state index is 11.1. The van der Waals surface area contributed by atoms with E-state index in [-0.39, 0.29) is 12.8 Å². The van der Waals surface area contributed by atoms with Gasteiger partial charge in [0.1, 0.15) is 0 Å². The van der Waals surface area contributed by atoms with Crippen LogP contribution in [0.2, 0.25) is 0 Å². The lowest BCUT2D eigenvalue weighted by atomic mass is 9.94. The summed E-state index contributed by atoms with van der Waals surface area (Å²) in [6.07, 6.45) is -0.477. The number of carboxylic acid groups (broad SMARTS) is 2. The molecule has 0 radical (unpaired) electrons. The van der Waals surface area contributed by atoms with Crippen LogP contribution in [-0.2, 0) is 19.1 Å². The second-order valence-electron chi connectivity index (χ2n) is 3.46. The van der Waals surface area contributed by atoms with Gasteiger partial charge in [0, 0.05) is 6.42 Å². The first-order valence-electron chi connectivity index (χ1n) is 4.03. The summed E-state index contributed by atoms with van der Waals surface area (Å²) in [7, 11) is 0. The minimum Gasteiger partial charge on any atom is -0.481 e. The molecule has 0 bridgehead atoms. The smallest absolute Gasteiger partial charge is 0.347 e. The number of hydrogen-bond acceptors (Lipinski definition) is 4. The minimum absolute atomic E-state index is 0.0898. The maximum Gasteiger partial charge on any atom is 0.347 e. The number of esters is 1. The fourth-order valence-electron chi connectivity index (χ4n) is 1.40. The standard InChI is InChI=1S/C8H10O6/c1-8(7(12)13)3-4(2-5(9)10)6(11)14-8/h4H,2-3H2,1H3,(H,9,10)(H,12,13). The zero-order valence-electron chi connectivity index (χ0n) is 7.52. The number of hydrogen-bond donors (Lipinski definition) is 2. The molecule has 2 N–H and O–H groups in total. The quantitative estimate of drug-likeness (QED) is 0.618. The van der Waals surface area contributed by atoms with E-state index in [9.17, 15) is 14.4 Å². The molecule has 1 aliphatic heterocycles. The van der Waals surface area contributed by atoms with Crippen LogP contribution in [0, 0.1) is 5.92 Å². The highest BCUT2D eigenvalue weighted by molar-refractivity contribution is 5.88. The van der Waals surface area contributed by atoms with Gasteiger partial charge < -0.3 is 14.9 Å². The average molecular weight is 202 g/mol. The highest BCUT2D eigenvalue weighted by Crippen LogP contribution is 2.32. The molecule has 1 aliphatic rings. The van der Waals surface area contributed by atoms with E-state index >= 15 is 0 Å². The van der Waals surface area contributed by atoms with E-state index < -0.39 is 29.4 Å². The molecule has 78 valence electrons. The van der Waals surface area contributed by atoms with Crippen molar-refractivity contribution in [3.8, 4) is 0 Å². The molecule has 0 spiro atoms. The number of rotatable bonds is 3. The Hall–Kier alpha value is -1.59. The second-order valence-corrected chi connectivity index (χ2v) is 3.46. The van der Waals surface area contributed by atoms with Gasteiger partial charge >= 0.3 is 17.9 Å². The van der Waals surface area contributed by atoms with Gasteiger partial charge in [-0.15, -0.1) is 0 Å². The molecule has 1 heterocycles. The molecule has 0 aromatic carbocycles. The van der Waals surface area contributed by atoms with Crippen LogP contribution in [0.4, 0.5) is 0 Å². The Morgan fingerprint density at radius 2 is 2.14 bits per heavy atom. The van der Waals surface area contributed by atoms with E-state index in [0.717, 1.165) is 0 Å². The van der Waals surface area contributed by atoms with Gasteiger partial charge in [-0.2, -0.15) is 0 Å². The van der Waals surface area contributed by atoms with Crippen LogP contribution >= 0.6 is 0 Å². The lowest BCUT2D eigenvalue weighted by molar-refractivity contribution is -0.168. The van der Waals surface area contributed by atoms with Gasteiger partial charge in [-0.25, -0.2) is 4.79 Å². The summed E-state index contributed by atoms with van der Waals surface area (Å²) in [6.45, 7) is 1.26. The van der Waals surface area contributed by atoms with E-state index in [1.54, 1.807) is 0 Å². The molecule has 0 amide bonds. The molecule has 0 saturated carbocycles. The molecule has 6 heteroatoms. The predicted molar refractivity (Wildman–Crippen MR) is 42.5 cm³/mol. The number of carbonyl (C=O) groups is 3. The SMILES string of the molecule is CC1(C(=O)O)CC(CC(=O)O)C(=O)O1. The van der Waals surface area contributed by atoms with Gasteiger partial charge in [-0.05, 0) is 6.92 Å². The summed E-state index contributed by atoms with van der Waals surface area (Å²) in [4.78, 5) is 32.1. The Balaban J connectivity index is 2.73. The first-order valence-corrected chi connectivity index (χ1v) is 4.03. The lowest BCUT2D eigenvalue weighted by Crippen LogP contribution is -2.34. The molecule has 14 heavy (non-hydrogen) atoms. The molecule has 1 rings (SSSR count). The third-order valence-electron chi connectivity index (χ3n) is 2.17. The average Bonchev–Trinajstić information content (AvgIpc) is 2.27. The monoisotopic (exact) mass is 202 g/mol. The number of carbonyl (C=O) groups excluding carboxylic acids is 1. The van der Waals surface area contributed by atoms with E-state index in [0.29, 0.717) is 0 Å². The molecule has 0 aromatic rings. The molecule has 2 unspecified atom stereocenters. The van der Waals surface area contributed by atoms with Gasteiger partial charge in [0.05, 0.1) is 12.3 Å². The first kappa shape index (κ1) is 10.5. The summed E-state index contributed by atoms with van der Waals surface area (Å²) in [5.41, 5.74) is -1.57. The summed E-state index contributed by atoms with van der Waals surface area (Å²) in [5, 5.41) is 17.2. The molecule has 2 atom stereocenters. The van der Waals surface area contributed by atoms with Crippen molar-refractivity contribution < 1.29 is 29.3 Å². The lowest BCUT2D eigenvalue weighted by Gasteiger charge is -2.15. The molecule has 0 aliphatic carbocycles. The molecule has 1 fully saturated rings. The van der Waals surface area contributed by atoms with Gasteiger partial charge in [-0.1, -0.05) is 0 Å². The second kappa shape index (κ2) is 3.28. The number of cyclic esters (lactones) is 1. The van der Waals surface area contributed by atoms with E-state index in [4.69, 9.17) is 10.2 Å². The van der Waals surface area contributed by atoms with Gasteiger partial charge in [0.15, 0.2) is 0 Å². The van der Waals surface area contributed by atoms with Gasteiger partial charge in [0.2, 0.25) is 5.60 Å². The van der Waals surface area contributed by atoms with E-state index in [1.807, 2.05) is 0 Å². The molecular weight excluding hydrogens is 192 g/mol. The fourth-order valence-corrected chi connectivity index (χ4v) is 1.40. The van der Waals surface area contributed by atoms with Gasteiger partial charge in [-0.3, -0.25) is 9.59 Å². The Kier molecular flexibility index (Phi) is 2.46. The van der Waals surface area contributed by atoms with Crippen molar-refractivity contribution in [2.24, 2.45) is 5.92 Å². The van der Waals surface area contributed by atoms with Crippen LogP contribution in [0.5, 0.6) is 0 Å². The Bertz CT molecular complexity index is 296. The van der Waals surface area contributed by atoms with Crippen LogP contribution in [0.25, 0.3) is 0 Å². The Morgan fingerprint density at radius 1 is 1.57 bits per heavy atom. The van der Waals surface area contributed by atoms with Crippen LogP contribution in [0.3, 0.4) is 0 Å². The first-order chi connectivity index (χ1) is 6.35. The van der Waals surface area contributed by atoms with Crippen LogP contribution in [0.15, 0.2) is 0 Å². The normalized spacial score (nSPS) is 31.2. The third-order valence-corrected chi connectivity index (χ3v) is 2.17. The van der Waals surface area contributed by atoms with Crippen molar-refractivity contribution >= 4 is 17.9 Å². The van der Waals surface area contributed by atoms with Crippen LogP contribution in [0.1, 0.15) is 19.8 Å². The highest BCUT2D eigenvalue weighted by Gasteiger charge is 2.49.